The van der Waals surface area contributed by atoms with Crippen LogP contribution in [0.4, 0.5) is 18.9 Å². The largest absolute Gasteiger partial charge is 0.417 e. The molecule has 1 aliphatic heterocycles. The van der Waals surface area contributed by atoms with Crippen LogP contribution >= 0.6 is 11.6 Å². The number of nitrogens with zero attached hydrogens (tertiary/aromatic N) is 3. The van der Waals surface area contributed by atoms with Crippen molar-refractivity contribution in [2.75, 3.05) is 4.72 Å². The second kappa shape index (κ2) is 8.16. The minimum absolute atomic E-state index is 0.199. The molecule has 3 aromatic rings. The molecule has 164 valence electrons. The normalized spacial score (nSPS) is 14.7. The first-order valence-electron chi connectivity index (χ1n) is 9.58. The topological polar surface area (TPSA) is 76.9 Å². The van der Waals surface area contributed by atoms with Crippen LogP contribution in [0, 0.1) is 0 Å². The number of hydrogen-bond donors (Lipinski definition) is 1. The fourth-order valence-electron chi connectivity index (χ4n) is 3.54. The van der Waals surface area contributed by atoms with Gasteiger partial charge in [0.15, 0.2) is 5.82 Å². The monoisotopic (exact) mass is 470 g/mol. The molecule has 4 rings (SSSR count). The van der Waals surface area contributed by atoms with Crippen LogP contribution in [-0.4, -0.2) is 23.2 Å². The summed E-state index contributed by atoms with van der Waals surface area (Å²) in [5.41, 5.74) is -0.518. The van der Waals surface area contributed by atoms with E-state index in [0.29, 0.717) is 24.0 Å². The van der Waals surface area contributed by atoms with E-state index >= 15 is 0 Å². The summed E-state index contributed by atoms with van der Waals surface area (Å²) in [6.07, 6.45) is -0.970. The zero-order chi connectivity index (χ0) is 22.2. The van der Waals surface area contributed by atoms with Gasteiger partial charge in [-0.05, 0) is 43.2 Å². The minimum atomic E-state index is -4.78. The van der Waals surface area contributed by atoms with E-state index in [9.17, 15) is 21.6 Å². The van der Waals surface area contributed by atoms with Crippen molar-refractivity contribution in [3.63, 3.8) is 0 Å². The maximum absolute atomic E-state index is 13.2. The fourth-order valence-corrected chi connectivity index (χ4v) is 4.87. The number of aromatic nitrogens is 3. The van der Waals surface area contributed by atoms with Crippen molar-refractivity contribution in [2.24, 2.45) is 0 Å². The first kappa shape index (κ1) is 21.6. The van der Waals surface area contributed by atoms with Gasteiger partial charge in [0.2, 0.25) is 0 Å². The predicted molar refractivity (Wildman–Crippen MR) is 110 cm³/mol. The van der Waals surface area contributed by atoms with Crippen molar-refractivity contribution < 1.29 is 21.6 Å². The van der Waals surface area contributed by atoms with Crippen LogP contribution in [0.5, 0.6) is 0 Å². The van der Waals surface area contributed by atoms with E-state index in [1.807, 2.05) is 4.57 Å². The summed E-state index contributed by atoms with van der Waals surface area (Å²) in [7, 11) is -4.32. The van der Waals surface area contributed by atoms with Crippen molar-refractivity contribution in [3.05, 3.63) is 58.9 Å². The number of halogens is 4. The molecule has 0 bridgehead atoms. The second-order valence-corrected chi connectivity index (χ2v) is 9.28. The van der Waals surface area contributed by atoms with Crippen molar-refractivity contribution >= 4 is 27.3 Å². The molecule has 31 heavy (non-hydrogen) atoms. The molecule has 0 unspecified atom stereocenters. The summed E-state index contributed by atoms with van der Waals surface area (Å²) in [4.78, 5) is -0.542. The molecule has 0 saturated carbocycles. The fraction of sp³-hybridized carbons (Fsp3) is 0.300. The van der Waals surface area contributed by atoms with E-state index in [2.05, 4.69) is 14.9 Å². The Balaban J connectivity index is 1.73. The quantitative estimate of drug-likeness (QED) is 0.572. The Bertz CT molecular complexity index is 1230. The smallest absolute Gasteiger partial charge is 0.311 e. The van der Waals surface area contributed by atoms with Gasteiger partial charge in [-0.3, -0.25) is 4.72 Å². The maximum atomic E-state index is 13.2. The van der Waals surface area contributed by atoms with Crippen LogP contribution in [0.15, 0.2) is 47.4 Å². The van der Waals surface area contributed by atoms with E-state index < -0.39 is 31.7 Å². The van der Waals surface area contributed by atoms with Crippen LogP contribution in [0.2, 0.25) is 5.02 Å². The van der Waals surface area contributed by atoms with E-state index in [-0.39, 0.29) is 5.69 Å². The van der Waals surface area contributed by atoms with Gasteiger partial charge >= 0.3 is 6.18 Å². The Morgan fingerprint density at radius 1 is 1.03 bits per heavy atom. The lowest BCUT2D eigenvalue weighted by molar-refractivity contribution is -0.137. The van der Waals surface area contributed by atoms with Crippen molar-refractivity contribution in [1.82, 2.24) is 14.8 Å². The summed E-state index contributed by atoms with van der Waals surface area (Å²) in [6, 6.07) is 9.07. The first-order chi connectivity index (χ1) is 14.7. The molecular formula is C20H18ClF3N4O2S. The summed E-state index contributed by atoms with van der Waals surface area (Å²) >= 11 is 5.61. The van der Waals surface area contributed by atoms with Crippen molar-refractivity contribution in [1.29, 1.82) is 0 Å². The number of rotatable bonds is 4. The third-order valence-electron chi connectivity index (χ3n) is 5.08. The number of hydrogen-bond acceptors (Lipinski definition) is 4. The minimum Gasteiger partial charge on any atom is -0.311 e. The number of sulfonamides is 1. The molecular weight excluding hydrogens is 453 g/mol. The highest BCUT2D eigenvalue weighted by Gasteiger charge is 2.34. The zero-order valence-corrected chi connectivity index (χ0v) is 17.7. The van der Waals surface area contributed by atoms with E-state index in [1.54, 1.807) is 18.2 Å². The number of aryl methyl sites for hydroxylation is 1. The maximum Gasteiger partial charge on any atom is 0.417 e. The molecule has 2 aromatic carbocycles. The second-order valence-electron chi connectivity index (χ2n) is 7.19. The van der Waals surface area contributed by atoms with Gasteiger partial charge in [-0.25, -0.2) is 8.42 Å². The van der Waals surface area contributed by atoms with Crippen LogP contribution in [0.1, 0.15) is 30.7 Å². The molecule has 2 heterocycles. The van der Waals surface area contributed by atoms with E-state index in [4.69, 9.17) is 11.6 Å². The number of anilines is 1. The Morgan fingerprint density at radius 3 is 2.58 bits per heavy atom. The van der Waals surface area contributed by atoms with Gasteiger partial charge in [0.05, 0.1) is 21.2 Å². The molecule has 0 aliphatic carbocycles. The molecule has 0 saturated heterocycles. The van der Waals surface area contributed by atoms with Crippen molar-refractivity contribution in [2.45, 2.75) is 43.3 Å². The Morgan fingerprint density at radius 2 is 1.81 bits per heavy atom. The van der Waals surface area contributed by atoms with Crippen molar-refractivity contribution in [3.8, 4) is 11.4 Å². The number of benzene rings is 2. The summed E-state index contributed by atoms with van der Waals surface area (Å²) in [5.74, 6) is 1.35. The van der Waals surface area contributed by atoms with Gasteiger partial charge in [-0.1, -0.05) is 30.2 Å². The molecule has 0 radical (unpaired) electrons. The highest BCUT2D eigenvalue weighted by Crippen LogP contribution is 2.37. The highest BCUT2D eigenvalue weighted by atomic mass is 35.5. The molecule has 11 heteroatoms. The predicted octanol–water partition coefficient (Wildman–Crippen LogP) is 5.14. The Hall–Kier alpha value is -2.59. The first-order valence-corrected chi connectivity index (χ1v) is 11.4. The molecule has 0 fully saturated rings. The number of nitrogens with one attached hydrogen (secondary N) is 1. The molecule has 0 atom stereocenters. The number of para-hydroxylation sites is 1. The zero-order valence-electron chi connectivity index (χ0n) is 16.2. The average molecular weight is 471 g/mol. The SMILES string of the molecule is O=S(=O)(Nc1ccccc1-c1nnc2n1CCCCC2)c1ccc(Cl)c(C(F)(F)F)c1. The van der Waals surface area contributed by atoms with Gasteiger partial charge in [-0.2, -0.15) is 13.2 Å². The van der Waals surface area contributed by atoms with E-state index in [0.717, 1.165) is 43.6 Å². The standard InChI is InChI=1S/C20H18ClF3N4O2S/c21-16-10-9-13(12-15(16)20(22,23)24)31(29,30)27-17-7-4-3-6-14(17)19-26-25-18-8-2-1-5-11-28(18)19/h3-4,6-7,9-10,12,27H,1-2,5,8,11H2. The average Bonchev–Trinajstić information content (AvgIpc) is 2.95. The van der Waals surface area contributed by atoms with Gasteiger partial charge < -0.3 is 4.57 Å². The Kier molecular flexibility index (Phi) is 5.69. The summed E-state index contributed by atoms with van der Waals surface area (Å²) in [5, 5.41) is 7.91. The Labute approximate surface area is 182 Å². The third kappa shape index (κ3) is 4.40. The van der Waals surface area contributed by atoms with Gasteiger partial charge in [0.25, 0.3) is 10.0 Å². The van der Waals surface area contributed by atoms with E-state index in [1.165, 1.54) is 6.07 Å². The van der Waals surface area contributed by atoms with Crippen LogP contribution in [-0.2, 0) is 29.2 Å². The summed E-state index contributed by atoms with van der Waals surface area (Å²) in [6.45, 7) is 0.713. The van der Waals surface area contributed by atoms with Crippen LogP contribution in [0.3, 0.4) is 0 Å². The van der Waals surface area contributed by atoms with Crippen LogP contribution < -0.4 is 4.72 Å². The molecule has 1 N–H and O–H groups in total. The summed E-state index contributed by atoms with van der Waals surface area (Å²) < 4.78 is 69.7. The lowest BCUT2D eigenvalue weighted by Crippen LogP contribution is -2.16. The molecule has 1 aromatic heterocycles. The van der Waals surface area contributed by atoms with Gasteiger partial charge in [-0.15, -0.1) is 10.2 Å². The molecule has 6 nitrogen and oxygen atoms in total. The number of alkyl halides is 3. The van der Waals surface area contributed by atoms with Crippen LogP contribution in [0.25, 0.3) is 11.4 Å². The third-order valence-corrected chi connectivity index (χ3v) is 6.77. The lowest BCUT2D eigenvalue weighted by atomic mass is 10.1. The molecule has 1 aliphatic rings. The number of fused-ring (bicyclic) bond motifs is 1. The lowest BCUT2D eigenvalue weighted by Gasteiger charge is -2.15. The molecule has 0 amide bonds. The van der Waals surface area contributed by atoms with Gasteiger partial charge in [0.1, 0.15) is 5.82 Å². The molecule has 0 spiro atoms. The van der Waals surface area contributed by atoms with Gasteiger partial charge in [0, 0.05) is 18.5 Å². The highest BCUT2D eigenvalue weighted by molar-refractivity contribution is 7.92.